The second-order valence-corrected chi connectivity index (χ2v) is 7.53. The summed E-state index contributed by atoms with van der Waals surface area (Å²) in [6.07, 6.45) is 5.11. The third-order valence-electron chi connectivity index (χ3n) is 6.09. The Bertz CT molecular complexity index is 555. The van der Waals surface area contributed by atoms with E-state index in [1.807, 2.05) is 18.2 Å². The van der Waals surface area contributed by atoms with E-state index in [4.69, 9.17) is 4.74 Å². The van der Waals surface area contributed by atoms with Crippen molar-refractivity contribution in [2.45, 2.75) is 38.7 Å². The third-order valence-corrected chi connectivity index (χ3v) is 6.09. The average molecular weight is 286 g/mol. The molecule has 1 aromatic carbocycles. The van der Waals surface area contributed by atoms with Crippen molar-refractivity contribution in [1.29, 1.82) is 0 Å². The number of benzene rings is 1. The highest BCUT2D eigenvalue weighted by molar-refractivity contribution is 5.76. The van der Waals surface area contributed by atoms with Gasteiger partial charge in [0.05, 0.1) is 18.6 Å². The molecule has 21 heavy (non-hydrogen) atoms. The summed E-state index contributed by atoms with van der Waals surface area (Å²) in [5, 5.41) is 9.69. The second-order valence-electron chi connectivity index (χ2n) is 7.53. The Morgan fingerprint density at radius 3 is 2.76 bits per heavy atom. The first-order valence-electron chi connectivity index (χ1n) is 7.97. The van der Waals surface area contributed by atoms with Crippen LogP contribution >= 0.6 is 0 Å². The molecule has 3 heteroatoms. The zero-order valence-corrected chi connectivity index (χ0v) is 12.3. The van der Waals surface area contributed by atoms with E-state index in [2.05, 4.69) is 12.1 Å². The summed E-state index contributed by atoms with van der Waals surface area (Å²) in [7, 11) is 0. The maximum Gasteiger partial charge on any atom is 0.309 e. The van der Waals surface area contributed by atoms with Crippen molar-refractivity contribution in [3.63, 3.8) is 0 Å². The summed E-state index contributed by atoms with van der Waals surface area (Å²) < 4.78 is 5.98. The van der Waals surface area contributed by atoms with Crippen LogP contribution in [-0.4, -0.2) is 17.7 Å². The minimum absolute atomic E-state index is 0.138. The van der Waals surface area contributed by atoms with Gasteiger partial charge in [-0.2, -0.15) is 0 Å². The maximum absolute atomic E-state index is 11.8. The fraction of sp³-hybridized carbons (Fsp3) is 0.611. The van der Waals surface area contributed by atoms with E-state index < -0.39 is 11.4 Å². The number of hydrogen-bond donors (Lipinski definition) is 1. The molecule has 4 unspecified atom stereocenters. The van der Waals surface area contributed by atoms with Crippen molar-refractivity contribution in [2.75, 3.05) is 6.61 Å². The number of carboxylic acids is 1. The Labute approximate surface area is 125 Å². The zero-order chi connectivity index (χ0) is 14.5. The van der Waals surface area contributed by atoms with Crippen LogP contribution in [0.3, 0.4) is 0 Å². The molecule has 0 amide bonds. The van der Waals surface area contributed by atoms with Gasteiger partial charge in [-0.1, -0.05) is 30.3 Å². The summed E-state index contributed by atoms with van der Waals surface area (Å²) in [4.78, 5) is 11.8. The van der Waals surface area contributed by atoms with Crippen LogP contribution in [-0.2, 0) is 16.1 Å². The molecule has 112 valence electrons. The van der Waals surface area contributed by atoms with E-state index in [0.717, 1.165) is 32.3 Å². The molecule has 1 N–H and O–H groups in total. The highest BCUT2D eigenvalue weighted by atomic mass is 16.5. The first kappa shape index (κ1) is 13.3. The molecule has 5 rings (SSSR count). The molecule has 4 aliphatic rings. The molecule has 0 aliphatic heterocycles. The molecule has 1 aromatic rings. The van der Waals surface area contributed by atoms with Crippen molar-refractivity contribution in [2.24, 2.45) is 22.7 Å². The molecule has 0 aromatic heterocycles. The van der Waals surface area contributed by atoms with Gasteiger partial charge in [-0.15, -0.1) is 0 Å². The van der Waals surface area contributed by atoms with Crippen molar-refractivity contribution in [3.05, 3.63) is 35.9 Å². The fourth-order valence-electron chi connectivity index (χ4n) is 5.54. The number of aliphatic carboxylic acids is 1. The molecule has 4 atom stereocenters. The van der Waals surface area contributed by atoms with Gasteiger partial charge in [-0.25, -0.2) is 0 Å². The van der Waals surface area contributed by atoms with E-state index in [0.29, 0.717) is 18.4 Å². The molecule has 4 bridgehead atoms. The predicted molar refractivity (Wildman–Crippen MR) is 78.7 cm³/mol. The van der Waals surface area contributed by atoms with Crippen molar-refractivity contribution in [3.8, 4) is 0 Å². The molecular formula is C18H22O3. The maximum atomic E-state index is 11.8. The van der Waals surface area contributed by atoms with Crippen LogP contribution in [0.2, 0.25) is 0 Å². The summed E-state index contributed by atoms with van der Waals surface area (Å²) in [6, 6.07) is 10.2. The Morgan fingerprint density at radius 1 is 1.24 bits per heavy atom. The van der Waals surface area contributed by atoms with Crippen molar-refractivity contribution < 1.29 is 14.6 Å². The van der Waals surface area contributed by atoms with E-state index in [1.54, 1.807) is 0 Å². The van der Waals surface area contributed by atoms with Crippen molar-refractivity contribution in [1.82, 2.24) is 0 Å². The normalized spacial score (nSPS) is 39.8. The van der Waals surface area contributed by atoms with E-state index in [9.17, 15) is 9.90 Å². The molecular weight excluding hydrogens is 264 g/mol. The van der Waals surface area contributed by atoms with Gasteiger partial charge in [-0.3, -0.25) is 4.79 Å². The molecule has 0 radical (unpaired) electrons. The van der Waals surface area contributed by atoms with E-state index in [-0.39, 0.29) is 5.41 Å². The van der Waals surface area contributed by atoms with Crippen LogP contribution in [0.15, 0.2) is 30.3 Å². The molecule has 0 saturated heterocycles. The SMILES string of the molecule is O=C(O)C12CC3CC1CC(COCc1ccccc1)(C3)C2. The van der Waals surface area contributed by atoms with Crippen LogP contribution < -0.4 is 0 Å². The summed E-state index contributed by atoms with van der Waals surface area (Å²) >= 11 is 0. The number of carbonyl (C=O) groups is 1. The van der Waals surface area contributed by atoms with Crippen LogP contribution in [0.5, 0.6) is 0 Å². The minimum Gasteiger partial charge on any atom is -0.481 e. The van der Waals surface area contributed by atoms with Crippen LogP contribution in [0.4, 0.5) is 0 Å². The lowest BCUT2D eigenvalue weighted by atomic mass is 9.67. The van der Waals surface area contributed by atoms with Crippen LogP contribution in [0.1, 0.15) is 37.7 Å². The quantitative estimate of drug-likeness (QED) is 0.901. The van der Waals surface area contributed by atoms with Gasteiger partial charge in [0, 0.05) is 0 Å². The van der Waals surface area contributed by atoms with Gasteiger partial charge in [0.15, 0.2) is 0 Å². The highest BCUT2D eigenvalue weighted by Crippen LogP contribution is 2.70. The van der Waals surface area contributed by atoms with E-state index >= 15 is 0 Å². The van der Waals surface area contributed by atoms with Gasteiger partial charge in [-0.05, 0) is 54.9 Å². The average Bonchev–Trinajstić information content (AvgIpc) is 2.84. The molecule has 0 heterocycles. The highest BCUT2D eigenvalue weighted by Gasteiger charge is 2.67. The predicted octanol–water partition coefficient (Wildman–Crippen LogP) is 3.48. The number of hydrogen-bond acceptors (Lipinski definition) is 2. The zero-order valence-electron chi connectivity index (χ0n) is 12.3. The second kappa shape index (κ2) is 4.57. The van der Waals surface area contributed by atoms with Gasteiger partial charge < -0.3 is 9.84 Å². The smallest absolute Gasteiger partial charge is 0.309 e. The number of rotatable bonds is 5. The largest absolute Gasteiger partial charge is 0.481 e. The molecule has 3 nitrogen and oxygen atoms in total. The number of carboxylic acid groups (broad SMARTS) is 1. The lowest BCUT2D eigenvalue weighted by molar-refractivity contribution is -0.152. The van der Waals surface area contributed by atoms with Gasteiger partial charge in [0.2, 0.25) is 0 Å². The number of ether oxygens (including phenoxy) is 1. The Balaban J connectivity index is 1.44. The molecule has 0 spiro atoms. The Hall–Kier alpha value is -1.35. The summed E-state index contributed by atoms with van der Waals surface area (Å²) in [6.45, 7) is 1.36. The standard InChI is InChI=1S/C18H22O3/c19-16(20)18-8-14-6-15(18)9-17(7-14,11-18)12-21-10-13-4-2-1-3-5-13/h1-5,14-15H,6-12H2,(H,19,20). The molecule has 4 saturated carbocycles. The van der Waals surface area contributed by atoms with Gasteiger partial charge in [0.1, 0.15) is 0 Å². The summed E-state index contributed by atoms with van der Waals surface area (Å²) in [5.41, 5.74) is 0.912. The minimum atomic E-state index is -0.556. The van der Waals surface area contributed by atoms with Gasteiger partial charge in [0.25, 0.3) is 0 Å². The Morgan fingerprint density at radius 2 is 2.05 bits per heavy atom. The Kier molecular flexibility index (Phi) is 2.90. The third kappa shape index (κ3) is 2.02. The topological polar surface area (TPSA) is 46.5 Å². The summed E-state index contributed by atoms with van der Waals surface area (Å²) in [5.74, 6) is 0.461. The molecule has 4 fully saturated rings. The fourth-order valence-corrected chi connectivity index (χ4v) is 5.54. The first-order chi connectivity index (χ1) is 10.1. The molecule has 4 aliphatic carbocycles. The lowest BCUT2D eigenvalue weighted by Crippen LogP contribution is -2.37. The van der Waals surface area contributed by atoms with Crippen LogP contribution in [0.25, 0.3) is 0 Å². The lowest BCUT2D eigenvalue weighted by Gasteiger charge is -2.39. The van der Waals surface area contributed by atoms with E-state index in [1.165, 1.54) is 12.0 Å². The monoisotopic (exact) mass is 286 g/mol. The van der Waals surface area contributed by atoms with Crippen molar-refractivity contribution >= 4 is 5.97 Å². The first-order valence-corrected chi connectivity index (χ1v) is 7.97. The van der Waals surface area contributed by atoms with Crippen LogP contribution in [0, 0.1) is 22.7 Å². The van der Waals surface area contributed by atoms with Gasteiger partial charge >= 0.3 is 5.97 Å².